The molecule has 0 spiro atoms. The lowest BCUT2D eigenvalue weighted by Crippen LogP contribution is -2.17. The van der Waals surface area contributed by atoms with E-state index in [1.54, 1.807) is 12.1 Å². The van der Waals surface area contributed by atoms with E-state index in [-0.39, 0.29) is 12.8 Å². The monoisotopic (exact) mass is 326 g/mol. The minimum Gasteiger partial charge on any atom is -0.481 e. The van der Waals surface area contributed by atoms with E-state index in [0.29, 0.717) is 0 Å². The van der Waals surface area contributed by atoms with Gasteiger partial charge in [0.05, 0.1) is 11.8 Å². The normalized spacial score (nSPS) is 13.2. The first-order valence-corrected chi connectivity index (χ1v) is 7.97. The number of rotatable bonds is 7. The summed E-state index contributed by atoms with van der Waals surface area (Å²) in [5.41, 5.74) is 3.42. The Kier molecular flexibility index (Phi) is 5.74. The van der Waals surface area contributed by atoms with Crippen LogP contribution in [0.3, 0.4) is 0 Å². The van der Waals surface area contributed by atoms with Gasteiger partial charge in [-0.05, 0) is 37.8 Å². The molecule has 4 nitrogen and oxygen atoms in total. The van der Waals surface area contributed by atoms with Crippen molar-refractivity contribution in [1.29, 1.82) is 0 Å². The van der Waals surface area contributed by atoms with Crippen LogP contribution in [-0.2, 0) is 9.59 Å². The van der Waals surface area contributed by atoms with Gasteiger partial charge < -0.3 is 10.2 Å². The van der Waals surface area contributed by atoms with E-state index in [9.17, 15) is 19.8 Å². The highest BCUT2D eigenvalue weighted by Crippen LogP contribution is 2.29. The highest BCUT2D eigenvalue weighted by molar-refractivity contribution is 5.78. The van der Waals surface area contributed by atoms with Crippen molar-refractivity contribution >= 4 is 11.9 Å². The largest absolute Gasteiger partial charge is 0.481 e. The fourth-order valence-corrected chi connectivity index (χ4v) is 2.97. The van der Waals surface area contributed by atoms with Crippen molar-refractivity contribution in [2.75, 3.05) is 0 Å². The van der Waals surface area contributed by atoms with Crippen LogP contribution in [0.15, 0.2) is 48.5 Å². The van der Waals surface area contributed by atoms with Crippen LogP contribution in [0.2, 0.25) is 0 Å². The first-order chi connectivity index (χ1) is 11.4. The number of benzene rings is 2. The first kappa shape index (κ1) is 17.7. The summed E-state index contributed by atoms with van der Waals surface area (Å²) in [6.45, 7) is 3.82. The predicted molar refractivity (Wildman–Crippen MR) is 92.3 cm³/mol. The molecule has 0 aliphatic carbocycles. The van der Waals surface area contributed by atoms with Gasteiger partial charge in [0.1, 0.15) is 0 Å². The highest BCUT2D eigenvalue weighted by Gasteiger charge is 2.25. The lowest BCUT2D eigenvalue weighted by Gasteiger charge is -2.18. The summed E-state index contributed by atoms with van der Waals surface area (Å²) in [6.07, 6.45) is 0.563. The van der Waals surface area contributed by atoms with Crippen LogP contribution in [-0.4, -0.2) is 22.2 Å². The van der Waals surface area contributed by atoms with E-state index in [1.807, 2.05) is 50.2 Å². The summed E-state index contributed by atoms with van der Waals surface area (Å²) in [5, 5.41) is 19.1. The number of carbonyl (C=O) groups is 2. The molecule has 0 heterocycles. The molecule has 2 N–H and O–H groups in total. The predicted octanol–water partition coefficient (Wildman–Crippen LogP) is 4.12. The summed E-state index contributed by atoms with van der Waals surface area (Å²) in [6, 6.07) is 14.8. The molecule has 0 bridgehead atoms. The molecule has 126 valence electrons. The van der Waals surface area contributed by atoms with E-state index in [2.05, 4.69) is 0 Å². The Labute approximate surface area is 141 Å². The Hall–Kier alpha value is -2.62. The molecule has 2 atom stereocenters. The smallest absolute Gasteiger partial charge is 0.310 e. The maximum Gasteiger partial charge on any atom is 0.310 e. The van der Waals surface area contributed by atoms with Gasteiger partial charge in [-0.15, -0.1) is 0 Å². The third kappa shape index (κ3) is 4.44. The molecule has 2 unspecified atom stereocenters. The van der Waals surface area contributed by atoms with Crippen LogP contribution in [0, 0.1) is 13.8 Å². The molecule has 0 amide bonds. The Morgan fingerprint density at radius 1 is 0.792 bits per heavy atom. The number of hydrogen-bond acceptors (Lipinski definition) is 2. The summed E-state index contributed by atoms with van der Waals surface area (Å²) in [5.74, 6) is -3.24. The van der Waals surface area contributed by atoms with Crippen molar-refractivity contribution in [3.05, 3.63) is 70.8 Å². The molecular weight excluding hydrogens is 304 g/mol. The van der Waals surface area contributed by atoms with Crippen LogP contribution in [0.4, 0.5) is 0 Å². The topological polar surface area (TPSA) is 74.6 Å². The maximum absolute atomic E-state index is 11.6. The van der Waals surface area contributed by atoms with Gasteiger partial charge in [-0.25, -0.2) is 0 Å². The average Bonchev–Trinajstić information content (AvgIpc) is 2.50. The minimum absolute atomic E-state index is 0.281. The zero-order valence-electron chi connectivity index (χ0n) is 13.9. The van der Waals surface area contributed by atoms with Gasteiger partial charge in [0, 0.05) is 0 Å². The zero-order chi connectivity index (χ0) is 17.7. The number of aliphatic carboxylic acids is 2. The molecule has 0 saturated heterocycles. The first-order valence-electron chi connectivity index (χ1n) is 7.97. The maximum atomic E-state index is 11.6. The molecule has 2 aromatic rings. The molecule has 0 aliphatic heterocycles. The Bertz CT molecular complexity index is 672. The van der Waals surface area contributed by atoms with Crippen molar-refractivity contribution in [2.24, 2.45) is 0 Å². The third-order valence-electron chi connectivity index (χ3n) is 4.23. The van der Waals surface area contributed by atoms with E-state index in [1.165, 1.54) is 0 Å². The van der Waals surface area contributed by atoms with Gasteiger partial charge in [-0.3, -0.25) is 9.59 Å². The minimum atomic E-state index is -0.922. The van der Waals surface area contributed by atoms with Crippen LogP contribution in [0.5, 0.6) is 0 Å². The van der Waals surface area contributed by atoms with Crippen molar-refractivity contribution in [2.45, 2.75) is 38.5 Å². The molecule has 0 aromatic heterocycles. The summed E-state index contributed by atoms with van der Waals surface area (Å²) >= 11 is 0. The molecular formula is C20H22O4. The van der Waals surface area contributed by atoms with E-state index in [0.717, 1.165) is 22.3 Å². The second-order valence-electron chi connectivity index (χ2n) is 6.19. The number of hydrogen-bond donors (Lipinski definition) is 2. The van der Waals surface area contributed by atoms with E-state index >= 15 is 0 Å². The van der Waals surface area contributed by atoms with Crippen molar-refractivity contribution in [3.8, 4) is 0 Å². The van der Waals surface area contributed by atoms with Crippen LogP contribution < -0.4 is 0 Å². The van der Waals surface area contributed by atoms with E-state index < -0.39 is 23.8 Å². The van der Waals surface area contributed by atoms with Gasteiger partial charge in [0.15, 0.2) is 0 Å². The molecule has 0 fully saturated rings. The van der Waals surface area contributed by atoms with Gasteiger partial charge in [0.25, 0.3) is 0 Å². The summed E-state index contributed by atoms with van der Waals surface area (Å²) in [7, 11) is 0. The Balaban J connectivity index is 2.20. The molecule has 0 aliphatic rings. The van der Waals surface area contributed by atoms with Gasteiger partial charge >= 0.3 is 11.9 Å². The van der Waals surface area contributed by atoms with Crippen molar-refractivity contribution in [1.82, 2.24) is 0 Å². The Morgan fingerprint density at radius 2 is 1.17 bits per heavy atom. The lowest BCUT2D eigenvalue weighted by atomic mass is 9.86. The van der Waals surface area contributed by atoms with Crippen molar-refractivity contribution < 1.29 is 19.8 Å². The second-order valence-corrected chi connectivity index (χ2v) is 6.19. The number of aryl methyl sites for hydroxylation is 2. The molecule has 2 rings (SSSR count). The van der Waals surface area contributed by atoms with E-state index in [4.69, 9.17) is 0 Å². The quantitative estimate of drug-likeness (QED) is 0.802. The highest BCUT2D eigenvalue weighted by atomic mass is 16.4. The SMILES string of the molecule is Cc1cccc(C(CCC(C(=O)O)c2cccc(C)c2)C(=O)O)c1. The summed E-state index contributed by atoms with van der Waals surface area (Å²) < 4.78 is 0. The number of carboxylic acid groups (broad SMARTS) is 2. The average molecular weight is 326 g/mol. The Morgan fingerprint density at radius 3 is 1.46 bits per heavy atom. The van der Waals surface area contributed by atoms with Gasteiger partial charge in [-0.2, -0.15) is 0 Å². The third-order valence-corrected chi connectivity index (χ3v) is 4.23. The number of carboxylic acids is 2. The summed E-state index contributed by atoms with van der Waals surface area (Å²) in [4.78, 5) is 23.3. The fraction of sp³-hybridized carbons (Fsp3) is 0.300. The lowest BCUT2D eigenvalue weighted by molar-refractivity contribution is -0.141. The van der Waals surface area contributed by atoms with Gasteiger partial charge in [-0.1, -0.05) is 59.7 Å². The zero-order valence-corrected chi connectivity index (χ0v) is 13.9. The standard InChI is InChI=1S/C20H22O4/c1-13-5-3-7-15(11-13)17(19(21)22)9-10-18(20(23)24)16-8-4-6-14(2)12-16/h3-8,11-12,17-18H,9-10H2,1-2H3,(H,21,22)(H,23,24). The molecule has 24 heavy (non-hydrogen) atoms. The molecule has 2 aromatic carbocycles. The van der Waals surface area contributed by atoms with Crippen LogP contribution in [0.1, 0.15) is 46.9 Å². The second kappa shape index (κ2) is 7.77. The molecule has 0 radical (unpaired) electrons. The van der Waals surface area contributed by atoms with Crippen molar-refractivity contribution in [3.63, 3.8) is 0 Å². The van der Waals surface area contributed by atoms with Crippen LogP contribution >= 0.6 is 0 Å². The fourth-order valence-electron chi connectivity index (χ4n) is 2.97. The van der Waals surface area contributed by atoms with Gasteiger partial charge in [0.2, 0.25) is 0 Å². The molecule has 4 heteroatoms. The molecule has 0 saturated carbocycles. The van der Waals surface area contributed by atoms with Crippen LogP contribution in [0.25, 0.3) is 0 Å².